The van der Waals surface area contributed by atoms with Gasteiger partial charge in [0.15, 0.2) is 0 Å². The molecule has 5 rings (SSSR count). The van der Waals surface area contributed by atoms with E-state index in [1.807, 2.05) is 6.07 Å². The summed E-state index contributed by atoms with van der Waals surface area (Å²) in [6, 6.07) is 5.77. The quantitative estimate of drug-likeness (QED) is 0.284. The van der Waals surface area contributed by atoms with Crippen LogP contribution in [0.25, 0.3) is 10.1 Å². The van der Waals surface area contributed by atoms with Crippen molar-refractivity contribution < 1.29 is 33.4 Å². The first-order chi connectivity index (χ1) is 21.4. The molecule has 1 aromatic carbocycles. The number of ether oxygens (including phenoxy) is 1. The monoisotopic (exact) mass is 643 g/mol. The van der Waals surface area contributed by atoms with Crippen LogP contribution < -0.4 is 10.6 Å². The van der Waals surface area contributed by atoms with Crippen molar-refractivity contribution in [2.24, 2.45) is 23.7 Å². The maximum atomic E-state index is 14.0. The van der Waals surface area contributed by atoms with Crippen LogP contribution >= 0.6 is 11.3 Å². The predicted molar refractivity (Wildman–Crippen MR) is 172 cm³/mol. The molecule has 1 aromatic heterocycles. The van der Waals surface area contributed by atoms with E-state index in [0.717, 1.165) is 42.2 Å². The Morgan fingerprint density at radius 1 is 1.02 bits per heavy atom. The van der Waals surface area contributed by atoms with Gasteiger partial charge in [-0.05, 0) is 100 Å². The maximum absolute atomic E-state index is 14.0. The highest BCUT2D eigenvalue weighted by molar-refractivity contribution is 7.20. The Bertz CT molecular complexity index is 1390. The van der Waals surface area contributed by atoms with Crippen molar-refractivity contribution in [2.45, 2.75) is 103 Å². The van der Waals surface area contributed by atoms with Crippen molar-refractivity contribution in [2.75, 3.05) is 18.5 Å². The zero-order valence-corrected chi connectivity index (χ0v) is 27.3. The maximum Gasteiger partial charge on any atom is 0.407 e. The molecule has 3 fully saturated rings. The molecule has 1 unspecified atom stereocenters. The Morgan fingerprint density at radius 2 is 1.73 bits per heavy atom. The van der Waals surface area contributed by atoms with E-state index in [9.17, 15) is 28.7 Å². The minimum absolute atomic E-state index is 0.0109. The summed E-state index contributed by atoms with van der Waals surface area (Å²) in [6.07, 6.45) is 8.14. The fourth-order valence-corrected chi connectivity index (χ4v) is 8.52. The summed E-state index contributed by atoms with van der Waals surface area (Å²) in [5, 5.41) is 15.9. The van der Waals surface area contributed by atoms with Crippen LogP contribution in [0.15, 0.2) is 24.3 Å². The number of nitrogens with one attached hydrogen (secondary N) is 2. The van der Waals surface area contributed by atoms with Gasteiger partial charge in [0.25, 0.3) is 0 Å². The zero-order chi connectivity index (χ0) is 32.3. The highest BCUT2D eigenvalue weighted by Gasteiger charge is 2.47. The highest BCUT2D eigenvalue weighted by atomic mass is 32.1. The van der Waals surface area contributed by atoms with Gasteiger partial charge in [-0.15, -0.1) is 11.3 Å². The molecule has 1 saturated heterocycles. The molecule has 0 bridgehead atoms. The second-order valence-corrected chi connectivity index (χ2v) is 15.1. The van der Waals surface area contributed by atoms with Gasteiger partial charge in [-0.1, -0.05) is 32.1 Å². The first-order valence-corrected chi connectivity index (χ1v) is 17.2. The number of carboxylic acids is 1. The molecule has 3 atom stereocenters. The number of benzene rings is 1. The van der Waals surface area contributed by atoms with Crippen LogP contribution in [-0.4, -0.2) is 64.8 Å². The molecule has 3 N–H and O–H groups in total. The third kappa shape index (κ3) is 7.96. The van der Waals surface area contributed by atoms with Gasteiger partial charge in [0.2, 0.25) is 11.8 Å². The van der Waals surface area contributed by atoms with E-state index in [4.69, 9.17) is 4.74 Å². The molecule has 3 amide bonds. The molecule has 0 radical (unpaired) electrons. The normalized spacial score (nSPS) is 25.1. The number of carbonyl (C=O) groups is 4. The number of nitrogens with zero attached hydrogens (tertiary/aromatic N) is 1. The topological polar surface area (TPSA) is 125 Å². The third-order valence-corrected chi connectivity index (χ3v) is 10.9. The standard InChI is InChI=1S/C34H46FN3O6S/c1-34(2,3)44-33(43)37-26(19-35)21-9-11-22(12-10-21)31(40)38-16-15-25(20-7-5-4-6-8-20)29(38)30(39)36-24-13-14-27-23(17-24)18-28(45-27)32(41)42/h13-14,17-18,20-22,25-26,29H,4-12,15-16,19H2,1-3H3,(H,36,39)(H,37,43)(H,41,42)/t21?,22?,25-,26?,29-/m0/s1. The lowest BCUT2D eigenvalue weighted by molar-refractivity contribution is -0.142. The van der Waals surface area contributed by atoms with Crippen molar-refractivity contribution in [3.05, 3.63) is 29.1 Å². The Hall–Kier alpha value is -3.21. The van der Waals surface area contributed by atoms with Gasteiger partial charge in [0.05, 0.1) is 6.04 Å². The number of fused-ring (bicyclic) bond motifs is 1. The van der Waals surface area contributed by atoms with Gasteiger partial charge in [-0.25, -0.2) is 14.0 Å². The number of anilines is 1. The molecule has 0 spiro atoms. The average molecular weight is 644 g/mol. The number of halogens is 1. The van der Waals surface area contributed by atoms with E-state index in [1.165, 1.54) is 17.8 Å². The molecule has 2 saturated carbocycles. The van der Waals surface area contributed by atoms with Crippen molar-refractivity contribution in [3.63, 3.8) is 0 Å². The minimum atomic E-state index is -0.981. The SMILES string of the molecule is CC(C)(C)OC(=O)NC(CF)C1CCC(C(=O)N2CC[C@@H](C3CCCCC3)[C@H]2C(=O)Nc2ccc3sc(C(=O)O)cc3c2)CC1. The van der Waals surface area contributed by atoms with Gasteiger partial charge in [0, 0.05) is 22.8 Å². The van der Waals surface area contributed by atoms with Gasteiger partial charge in [0.1, 0.15) is 23.2 Å². The van der Waals surface area contributed by atoms with Gasteiger partial charge in [-0.3, -0.25) is 9.59 Å². The second kappa shape index (κ2) is 14.1. The molecular formula is C34H46FN3O6S. The van der Waals surface area contributed by atoms with E-state index >= 15 is 0 Å². The fraction of sp³-hybridized carbons (Fsp3) is 0.647. The van der Waals surface area contributed by atoms with Crippen LogP contribution in [-0.2, 0) is 14.3 Å². The summed E-state index contributed by atoms with van der Waals surface area (Å²) in [6.45, 7) is 5.12. The number of carbonyl (C=O) groups excluding carboxylic acids is 3. The lowest BCUT2D eigenvalue weighted by Crippen LogP contribution is -2.50. The second-order valence-electron chi connectivity index (χ2n) is 14.0. The van der Waals surface area contributed by atoms with E-state index < -0.39 is 36.4 Å². The van der Waals surface area contributed by atoms with Crippen LogP contribution in [0.2, 0.25) is 0 Å². The summed E-state index contributed by atoms with van der Waals surface area (Å²) in [7, 11) is 0. The zero-order valence-electron chi connectivity index (χ0n) is 26.5. The van der Waals surface area contributed by atoms with Gasteiger partial charge >= 0.3 is 12.1 Å². The first-order valence-electron chi connectivity index (χ1n) is 16.4. The molecule has 45 heavy (non-hydrogen) atoms. The van der Waals surface area contributed by atoms with E-state index in [1.54, 1.807) is 43.9 Å². The van der Waals surface area contributed by atoms with E-state index in [-0.39, 0.29) is 34.4 Å². The smallest absolute Gasteiger partial charge is 0.407 e. The molecule has 11 heteroatoms. The predicted octanol–water partition coefficient (Wildman–Crippen LogP) is 7.00. The molecule has 2 aliphatic carbocycles. The van der Waals surface area contributed by atoms with E-state index in [0.29, 0.717) is 43.8 Å². The Kier molecular flexibility index (Phi) is 10.4. The van der Waals surface area contributed by atoms with Crippen molar-refractivity contribution in [1.29, 1.82) is 0 Å². The molecule has 2 aromatic rings. The first kappa shape index (κ1) is 33.2. The van der Waals surface area contributed by atoms with Crippen molar-refractivity contribution in [3.8, 4) is 0 Å². The molecule has 3 aliphatic rings. The fourth-order valence-electron chi connectivity index (χ4n) is 7.64. The lowest BCUT2D eigenvalue weighted by atomic mass is 9.76. The molecule has 2 heterocycles. The number of aromatic carboxylic acids is 1. The van der Waals surface area contributed by atoms with Crippen molar-refractivity contribution in [1.82, 2.24) is 10.2 Å². The third-order valence-electron chi connectivity index (χ3n) is 9.80. The minimum Gasteiger partial charge on any atom is -0.477 e. The van der Waals surface area contributed by atoms with E-state index in [2.05, 4.69) is 10.6 Å². The molecule has 246 valence electrons. The number of amides is 3. The number of likely N-dealkylation sites (tertiary alicyclic amines) is 1. The number of carboxylic acid groups (broad SMARTS) is 1. The molecule has 1 aliphatic heterocycles. The van der Waals surface area contributed by atoms with Crippen LogP contribution in [0.1, 0.15) is 94.7 Å². The van der Waals surface area contributed by atoms with Gasteiger partial charge < -0.3 is 25.4 Å². The summed E-state index contributed by atoms with van der Waals surface area (Å²) in [5.41, 5.74) is -0.0944. The van der Waals surface area contributed by atoms with Crippen LogP contribution in [0, 0.1) is 23.7 Å². The summed E-state index contributed by atoms with van der Waals surface area (Å²) in [4.78, 5) is 53.8. The van der Waals surface area contributed by atoms with Crippen LogP contribution in [0.5, 0.6) is 0 Å². The Balaban J connectivity index is 1.27. The Labute approximate surface area is 268 Å². The largest absolute Gasteiger partial charge is 0.477 e. The summed E-state index contributed by atoms with van der Waals surface area (Å²) >= 11 is 1.19. The lowest BCUT2D eigenvalue weighted by Gasteiger charge is -2.37. The molecular weight excluding hydrogens is 597 g/mol. The number of alkyl carbamates (subject to hydrolysis) is 1. The van der Waals surface area contributed by atoms with Crippen LogP contribution in [0.3, 0.4) is 0 Å². The molecule has 9 nitrogen and oxygen atoms in total. The average Bonchev–Trinajstić information content (AvgIpc) is 3.64. The summed E-state index contributed by atoms with van der Waals surface area (Å²) in [5.74, 6) is -1.05. The number of hydrogen-bond acceptors (Lipinski definition) is 6. The van der Waals surface area contributed by atoms with Crippen molar-refractivity contribution >= 4 is 51.0 Å². The number of rotatable bonds is 8. The number of alkyl halides is 1. The van der Waals surface area contributed by atoms with Gasteiger partial charge in [-0.2, -0.15) is 0 Å². The Morgan fingerprint density at radius 3 is 2.38 bits per heavy atom. The highest BCUT2D eigenvalue weighted by Crippen LogP contribution is 2.41. The number of thiophene rings is 1. The van der Waals surface area contributed by atoms with Crippen LogP contribution in [0.4, 0.5) is 14.9 Å². The summed E-state index contributed by atoms with van der Waals surface area (Å²) < 4.78 is 20.1. The number of hydrogen-bond donors (Lipinski definition) is 3.